The zero-order valence-corrected chi connectivity index (χ0v) is 20.4. The summed E-state index contributed by atoms with van der Waals surface area (Å²) in [6.45, 7) is 0.835. The molecule has 0 bridgehead atoms. The summed E-state index contributed by atoms with van der Waals surface area (Å²) >= 11 is 0. The Labute approximate surface area is 211 Å². The molecule has 36 heavy (non-hydrogen) atoms. The summed E-state index contributed by atoms with van der Waals surface area (Å²) in [6.07, 6.45) is 0.998. The maximum Gasteiger partial charge on any atom is 0.377 e. The summed E-state index contributed by atoms with van der Waals surface area (Å²) in [7, 11) is 2.20. The van der Waals surface area contributed by atoms with Crippen LogP contribution in [0.2, 0.25) is 0 Å². The number of fused-ring (bicyclic) bond motifs is 3. The van der Waals surface area contributed by atoms with Crippen molar-refractivity contribution in [3.05, 3.63) is 139 Å². The zero-order chi connectivity index (χ0) is 24.1. The zero-order valence-electron chi connectivity index (χ0n) is 20.4. The van der Waals surface area contributed by atoms with Crippen molar-refractivity contribution in [3.8, 4) is 0 Å². The first-order valence-corrected chi connectivity index (χ1v) is 12.7. The van der Waals surface area contributed by atoms with E-state index >= 15 is 0 Å². The van der Waals surface area contributed by atoms with Gasteiger partial charge >= 0.3 is 6.35 Å². The lowest BCUT2D eigenvalue weighted by Crippen LogP contribution is -2.64. The molecule has 172 valence electrons. The predicted molar refractivity (Wildman–Crippen MR) is 157 cm³/mol. The Kier molecular flexibility index (Phi) is 4.84. The molecule has 6 aromatic rings. The molecule has 7 rings (SSSR count). The van der Waals surface area contributed by atoms with E-state index < -0.39 is 6.35 Å². The summed E-state index contributed by atoms with van der Waals surface area (Å²) in [5.41, 5.74) is 5.31. The normalized spacial score (nSPS) is 15.5. The standard InChI is InChI=1S/C34H27BO/c1-36-21-20-34(31-15-14-25-8-2-5-11-28(25)22-31)35(36,32-18-16-26-9-3-6-12-29(26)23-32)33-19-17-27-10-4-7-13-30(27)24-33/h2-20,22-24H,21H2,1H3. The van der Waals surface area contributed by atoms with Gasteiger partial charge in [-0.05, 0) is 44.5 Å². The van der Waals surface area contributed by atoms with Gasteiger partial charge < -0.3 is 4.28 Å². The van der Waals surface area contributed by atoms with Gasteiger partial charge in [0.05, 0.1) is 7.11 Å². The van der Waals surface area contributed by atoms with Crippen molar-refractivity contribution >= 4 is 55.1 Å². The second-order valence-corrected chi connectivity index (χ2v) is 10.1. The molecule has 0 fully saturated rings. The van der Waals surface area contributed by atoms with E-state index in [0.29, 0.717) is 0 Å². The molecule has 0 unspecified atom stereocenters. The van der Waals surface area contributed by atoms with E-state index in [-0.39, 0.29) is 0 Å². The van der Waals surface area contributed by atoms with Crippen LogP contribution in [-0.4, -0.2) is 20.1 Å². The highest BCUT2D eigenvalue weighted by molar-refractivity contribution is 7.12. The Morgan fingerprint density at radius 2 is 0.944 bits per heavy atom. The molecule has 0 saturated carbocycles. The third kappa shape index (κ3) is 3.15. The highest BCUT2D eigenvalue weighted by atomic mass is 16.6. The second kappa shape index (κ2) is 8.22. The molecule has 0 amide bonds. The molecular weight excluding hydrogens is 435 g/mol. The Morgan fingerprint density at radius 1 is 0.500 bits per heavy atom. The molecule has 0 N–H and O–H groups in total. The highest BCUT2D eigenvalue weighted by Crippen LogP contribution is 2.37. The van der Waals surface area contributed by atoms with E-state index in [4.69, 9.17) is 0 Å². The first-order valence-electron chi connectivity index (χ1n) is 12.7. The van der Waals surface area contributed by atoms with Gasteiger partial charge in [-0.25, -0.2) is 0 Å². The summed E-state index contributed by atoms with van der Waals surface area (Å²) < 4.78 is 3.61. The number of hydrogen-bond donors (Lipinski definition) is 0. The van der Waals surface area contributed by atoms with E-state index in [1.807, 2.05) is 0 Å². The Bertz CT molecular complexity index is 1720. The topological polar surface area (TPSA) is 2.70 Å². The average molecular weight is 462 g/mol. The second-order valence-electron chi connectivity index (χ2n) is 10.1. The maximum absolute atomic E-state index is 3.61. The van der Waals surface area contributed by atoms with Crippen molar-refractivity contribution < 1.29 is 4.28 Å². The van der Waals surface area contributed by atoms with Gasteiger partial charge in [0.1, 0.15) is 6.61 Å². The van der Waals surface area contributed by atoms with Crippen molar-refractivity contribution in [2.75, 3.05) is 13.7 Å². The molecule has 0 atom stereocenters. The molecule has 1 aliphatic heterocycles. The Morgan fingerprint density at radius 3 is 1.47 bits per heavy atom. The minimum Gasteiger partial charge on any atom is -0.659 e. The lowest BCUT2D eigenvalue weighted by molar-refractivity contribution is 0.0892. The number of rotatable bonds is 3. The quantitative estimate of drug-likeness (QED) is 0.196. The fourth-order valence-electron chi connectivity index (χ4n) is 6.41. The fourth-order valence-corrected chi connectivity index (χ4v) is 6.41. The molecule has 0 radical (unpaired) electrons. The van der Waals surface area contributed by atoms with Gasteiger partial charge in [-0.3, -0.25) is 0 Å². The van der Waals surface area contributed by atoms with Gasteiger partial charge in [-0.1, -0.05) is 127 Å². The molecular formula is C34H27BO. The van der Waals surface area contributed by atoms with Gasteiger partial charge in [0.2, 0.25) is 0 Å². The number of benzene rings is 6. The van der Waals surface area contributed by atoms with Crippen molar-refractivity contribution in [1.82, 2.24) is 0 Å². The SMILES string of the molecule is C[O+]1CC=C(c2ccc3ccccc3c2)[B-]1(c1ccc2ccccc2c1)c1ccc2ccccc2c1. The van der Waals surface area contributed by atoms with Crippen LogP contribution < -0.4 is 10.9 Å². The van der Waals surface area contributed by atoms with Gasteiger partial charge in [0.25, 0.3) is 0 Å². The molecule has 6 aromatic carbocycles. The van der Waals surface area contributed by atoms with Crippen molar-refractivity contribution in [3.63, 3.8) is 0 Å². The van der Waals surface area contributed by atoms with Crippen LogP contribution in [0.25, 0.3) is 37.8 Å². The molecule has 0 saturated heterocycles. The molecule has 0 aromatic heterocycles. The first kappa shape index (κ1) is 21.2. The Balaban J connectivity index is 1.53. The van der Waals surface area contributed by atoms with Crippen molar-refractivity contribution in [2.24, 2.45) is 0 Å². The van der Waals surface area contributed by atoms with Crippen LogP contribution in [0.3, 0.4) is 0 Å². The predicted octanol–water partition coefficient (Wildman–Crippen LogP) is 7.02. The van der Waals surface area contributed by atoms with E-state index in [1.54, 1.807) is 0 Å². The van der Waals surface area contributed by atoms with Gasteiger partial charge in [0, 0.05) is 0 Å². The molecule has 0 aliphatic carbocycles. The van der Waals surface area contributed by atoms with Gasteiger partial charge in [0.15, 0.2) is 0 Å². The lowest BCUT2D eigenvalue weighted by atomic mass is 9.27. The number of hydrogen-bond acceptors (Lipinski definition) is 0. The van der Waals surface area contributed by atoms with Crippen LogP contribution in [0.5, 0.6) is 0 Å². The highest BCUT2D eigenvalue weighted by Gasteiger charge is 2.48. The van der Waals surface area contributed by atoms with Crippen LogP contribution >= 0.6 is 0 Å². The first-order chi connectivity index (χ1) is 17.7. The summed E-state index contributed by atoms with van der Waals surface area (Å²) in [5, 5.41) is 7.64. The van der Waals surface area contributed by atoms with Crippen LogP contribution in [0, 0.1) is 0 Å². The van der Waals surface area contributed by atoms with E-state index in [1.165, 1.54) is 54.3 Å². The van der Waals surface area contributed by atoms with Crippen LogP contribution in [0.15, 0.2) is 133 Å². The van der Waals surface area contributed by atoms with E-state index in [2.05, 4.69) is 145 Å². The molecule has 0 spiro atoms. The van der Waals surface area contributed by atoms with Crippen molar-refractivity contribution in [2.45, 2.75) is 0 Å². The van der Waals surface area contributed by atoms with Crippen LogP contribution in [-0.2, 0) is 4.28 Å². The van der Waals surface area contributed by atoms with E-state index in [9.17, 15) is 0 Å². The Hall–Kier alpha value is -4.14. The molecule has 1 heterocycles. The smallest absolute Gasteiger partial charge is 0.377 e. The van der Waals surface area contributed by atoms with Crippen molar-refractivity contribution in [1.29, 1.82) is 0 Å². The monoisotopic (exact) mass is 462 g/mol. The van der Waals surface area contributed by atoms with Gasteiger partial charge in [-0.15, -0.1) is 16.4 Å². The third-order valence-corrected chi connectivity index (χ3v) is 8.18. The van der Waals surface area contributed by atoms with E-state index in [0.717, 1.165) is 6.61 Å². The summed E-state index contributed by atoms with van der Waals surface area (Å²) in [4.78, 5) is 0. The molecule has 1 aliphatic rings. The summed E-state index contributed by atoms with van der Waals surface area (Å²) in [6, 6.07) is 46.9. The minimum absolute atomic E-state index is 0.835. The van der Waals surface area contributed by atoms with Crippen LogP contribution in [0.4, 0.5) is 0 Å². The van der Waals surface area contributed by atoms with Gasteiger partial charge in [-0.2, -0.15) is 0 Å². The largest absolute Gasteiger partial charge is 0.659 e. The third-order valence-electron chi connectivity index (χ3n) is 8.18. The van der Waals surface area contributed by atoms with Crippen LogP contribution in [0.1, 0.15) is 5.56 Å². The molecule has 2 heteroatoms. The maximum atomic E-state index is 3.61. The average Bonchev–Trinajstić information content (AvgIpc) is 3.29. The molecule has 1 nitrogen and oxygen atoms in total. The fraction of sp³-hybridized carbons (Fsp3) is 0.0588. The minimum atomic E-state index is -1.42. The lowest BCUT2D eigenvalue weighted by Gasteiger charge is -2.43. The summed E-state index contributed by atoms with van der Waals surface area (Å²) in [5.74, 6) is 0.